The second-order valence-corrected chi connectivity index (χ2v) is 8.74. The maximum absolute atomic E-state index is 11.9. The van der Waals surface area contributed by atoms with E-state index in [2.05, 4.69) is 10.6 Å². The molecule has 116 valence electrons. The zero-order valence-electron chi connectivity index (χ0n) is 12.3. The number of amides is 1. The Bertz CT molecular complexity index is 437. The van der Waals surface area contributed by atoms with E-state index >= 15 is 0 Å². The number of carbonyl (C=O) groups is 1. The topological polar surface area (TPSA) is 75.3 Å². The Labute approximate surface area is 121 Å². The van der Waals surface area contributed by atoms with Crippen LogP contribution < -0.4 is 10.6 Å². The summed E-state index contributed by atoms with van der Waals surface area (Å²) in [7, 11) is -2.99. The normalized spacial score (nSPS) is 25.1. The Balaban J connectivity index is 1.65. The van der Waals surface area contributed by atoms with E-state index in [0.717, 1.165) is 32.4 Å². The lowest BCUT2D eigenvalue weighted by molar-refractivity contribution is -0.122. The van der Waals surface area contributed by atoms with Crippen LogP contribution >= 0.6 is 0 Å². The Kier molecular flexibility index (Phi) is 5.07. The van der Waals surface area contributed by atoms with Crippen molar-refractivity contribution in [3.05, 3.63) is 0 Å². The summed E-state index contributed by atoms with van der Waals surface area (Å²) >= 11 is 0. The first-order chi connectivity index (χ1) is 9.39. The van der Waals surface area contributed by atoms with Gasteiger partial charge >= 0.3 is 0 Å². The summed E-state index contributed by atoms with van der Waals surface area (Å²) in [4.78, 5) is 11.9. The summed E-state index contributed by atoms with van der Waals surface area (Å²) in [6, 6.07) is 0. The van der Waals surface area contributed by atoms with Crippen LogP contribution in [0.15, 0.2) is 0 Å². The molecule has 0 aromatic rings. The molecule has 1 saturated carbocycles. The molecular weight excluding hydrogens is 276 g/mol. The number of nitrogens with one attached hydrogen (secondary N) is 2. The zero-order chi connectivity index (χ0) is 14.6. The van der Waals surface area contributed by atoms with Gasteiger partial charge in [-0.25, -0.2) is 8.42 Å². The van der Waals surface area contributed by atoms with Crippen molar-refractivity contribution in [2.75, 3.05) is 31.6 Å². The molecule has 2 aliphatic rings. The number of hydrogen-bond donors (Lipinski definition) is 2. The van der Waals surface area contributed by atoms with Gasteiger partial charge in [-0.2, -0.15) is 0 Å². The van der Waals surface area contributed by atoms with Crippen molar-refractivity contribution in [3.8, 4) is 0 Å². The van der Waals surface area contributed by atoms with Crippen LogP contribution in [0.5, 0.6) is 0 Å². The standard InChI is InChI=1S/C14H26N2O3S/c1-20(18,19)11-14(5-6-14)9-13(17)16-8-4-12-3-2-7-15-10-12/h12,15H,2-11H2,1H3,(H,16,17). The van der Waals surface area contributed by atoms with Gasteiger partial charge in [-0.1, -0.05) is 0 Å². The van der Waals surface area contributed by atoms with Crippen LogP contribution in [0.2, 0.25) is 0 Å². The maximum atomic E-state index is 11.9. The number of sulfone groups is 1. The lowest BCUT2D eigenvalue weighted by atomic mass is 9.96. The molecule has 0 bridgehead atoms. The highest BCUT2D eigenvalue weighted by Crippen LogP contribution is 2.49. The van der Waals surface area contributed by atoms with Crippen LogP contribution in [0, 0.1) is 11.3 Å². The minimum atomic E-state index is -2.99. The van der Waals surface area contributed by atoms with Gasteiger partial charge in [0.25, 0.3) is 0 Å². The molecule has 1 saturated heterocycles. The summed E-state index contributed by atoms with van der Waals surface area (Å²) in [5, 5.41) is 6.32. The summed E-state index contributed by atoms with van der Waals surface area (Å²) in [6.07, 6.45) is 6.80. The first-order valence-corrected chi connectivity index (χ1v) is 9.60. The lowest BCUT2D eigenvalue weighted by Crippen LogP contribution is -2.34. The fourth-order valence-corrected chi connectivity index (χ4v) is 4.60. The molecule has 1 aliphatic heterocycles. The van der Waals surface area contributed by atoms with Crippen molar-refractivity contribution in [3.63, 3.8) is 0 Å². The molecule has 2 rings (SSSR count). The molecule has 1 amide bonds. The fraction of sp³-hybridized carbons (Fsp3) is 0.929. The fourth-order valence-electron chi connectivity index (χ4n) is 3.09. The first-order valence-electron chi connectivity index (χ1n) is 7.54. The second-order valence-electron chi connectivity index (χ2n) is 6.60. The molecule has 1 aliphatic carbocycles. The van der Waals surface area contributed by atoms with Crippen molar-refractivity contribution in [2.45, 2.75) is 38.5 Å². The van der Waals surface area contributed by atoms with Gasteiger partial charge in [-0.05, 0) is 56.5 Å². The van der Waals surface area contributed by atoms with Crippen LogP contribution in [0.1, 0.15) is 38.5 Å². The Morgan fingerprint density at radius 1 is 1.40 bits per heavy atom. The van der Waals surface area contributed by atoms with Crippen LogP contribution in [-0.4, -0.2) is 46.0 Å². The van der Waals surface area contributed by atoms with Crippen LogP contribution in [0.3, 0.4) is 0 Å². The van der Waals surface area contributed by atoms with Gasteiger partial charge in [0.1, 0.15) is 9.84 Å². The maximum Gasteiger partial charge on any atom is 0.220 e. The van der Waals surface area contributed by atoms with E-state index in [9.17, 15) is 13.2 Å². The number of carbonyl (C=O) groups excluding carboxylic acids is 1. The van der Waals surface area contributed by atoms with Crippen LogP contribution in [-0.2, 0) is 14.6 Å². The number of piperidine rings is 1. The van der Waals surface area contributed by atoms with Crippen LogP contribution in [0.4, 0.5) is 0 Å². The van der Waals surface area contributed by atoms with Gasteiger partial charge in [0.15, 0.2) is 0 Å². The number of hydrogen-bond acceptors (Lipinski definition) is 4. The van der Waals surface area contributed by atoms with E-state index in [-0.39, 0.29) is 17.1 Å². The minimum absolute atomic E-state index is 0.00918. The molecule has 1 unspecified atom stereocenters. The van der Waals surface area contributed by atoms with Gasteiger partial charge in [-0.15, -0.1) is 0 Å². The quantitative estimate of drug-likeness (QED) is 0.726. The SMILES string of the molecule is CS(=O)(=O)CC1(CC(=O)NCCC2CCCNC2)CC1. The highest BCUT2D eigenvalue weighted by molar-refractivity contribution is 7.90. The van der Waals surface area contributed by atoms with E-state index in [1.807, 2.05) is 0 Å². The minimum Gasteiger partial charge on any atom is -0.356 e. The Morgan fingerprint density at radius 3 is 2.70 bits per heavy atom. The molecule has 0 spiro atoms. The van der Waals surface area contributed by atoms with Gasteiger partial charge < -0.3 is 10.6 Å². The first kappa shape index (κ1) is 15.8. The Morgan fingerprint density at radius 2 is 2.15 bits per heavy atom. The predicted octanol–water partition coefficient (Wildman–Crippen LogP) is 0.707. The zero-order valence-corrected chi connectivity index (χ0v) is 13.1. The molecule has 0 aromatic heterocycles. The third-order valence-corrected chi connectivity index (χ3v) is 5.47. The van der Waals surface area contributed by atoms with Crippen molar-refractivity contribution in [2.24, 2.45) is 11.3 Å². The largest absolute Gasteiger partial charge is 0.356 e. The van der Waals surface area contributed by atoms with E-state index in [1.165, 1.54) is 19.1 Å². The van der Waals surface area contributed by atoms with Crippen molar-refractivity contribution in [1.82, 2.24) is 10.6 Å². The van der Waals surface area contributed by atoms with Gasteiger partial charge in [-0.3, -0.25) is 4.79 Å². The molecule has 2 N–H and O–H groups in total. The van der Waals surface area contributed by atoms with E-state index in [1.54, 1.807) is 0 Å². The van der Waals surface area contributed by atoms with Crippen molar-refractivity contribution in [1.29, 1.82) is 0 Å². The van der Waals surface area contributed by atoms with Gasteiger partial charge in [0.2, 0.25) is 5.91 Å². The predicted molar refractivity (Wildman–Crippen MR) is 79.2 cm³/mol. The highest BCUT2D eigenvalue weighted by Gasteiger charge is 2.46. The summed E-state index contributed by atoms with van der Waals surface area (Å²) in [5.74, 6) is 0.824. The third-order valence-electron chi connectivity index (χ3n) is 4.33. The van der Waals surface area contributed by atoms with E-state index in [4.69, 9.17) is 0 Å². The summed E-state index contributed by atoms with van der Waals surface area (Å²) < 4.78 is 22.7. The molecule has 0 aromatic carbocycles. The summed E-state index contributed by atoms with van der Waals surface area (Å²) in [6.45, 7) is 2.87. The molecule has 6 heteroatoms. The van der Waals surface area contributed by atoms with Crippen molar-refractivity contribution >= 4 is 15.7 Å². The monoisotopic (exact) mass is 302 g/mol. The van der Waals surface area contributed by atoms with E-state index < -0.39 is 9.84 Å². The van der Waals surface area contributed by atoms with Crippen molar-refractivity contribution < 1.29 is 13.2 Å². The van der Waals surface area contributed by atoms with Gasteiger partial charge in [0.05, 0.1) is 5.75 Å². The average molecular weight is 302 g/mol. The molecule has 20 heavy (non-hydrogen) atoms. The molecule has 1 atom stereocenters. The molecular formula is C14H26N2O3S. The van der Waals surface area contributed by atoms with E-state index in [0.29, 0.717) is 18.9 Å². The molecule has 2 fully saturated rings. The smallest absolute Gasteiger partial charge is 0.220 e. The van der Waals surface area contributed by atoms with Gasteiger partial charge in [0, 0.05) is 19.2 Å². The lowest BCUT2D eigenvalue weighted by Gasteiger charge is -2.22. The molecule has 5 nitrogen and oxygen atoms in total. The van der Waals surface area contributed by atoms with Crippen LogP contribution in [0.25, 0.3) is 0 Å². The third kappa shape index (κ3) is 5.40. The molecule has 1 heterocycles. The summed E-state index contributed by atoms with van der Waals surface area (Å²) in [5.41, 5.74) is -0.260. The highest BCUT2D eigenvalue weighted by atomic mass is 32.2. The average Bonchev–Trinajstić information content (AvgIpc) is 3.07. The number of rotatable bonds is 7. The second kappa shape index (κ2) is 6.43. The Hall–Kier alpha value is -0.620. The molecule has 0 radical (unpaired) electrons.